The van der Waals surface area contributed by atoms with E-state index in [1.807, 2.05) is 30.3 Å². The second-order valence-corrected chi connectivity index (χ2v) is 5.70. The van der Waals surface area contributed by atoms with E-state index in [1.165, 1.54) is 0 Å². The minimum Gasteiger partial charge on any atom is -0.478 e. The van der Waals surface area contributed by atoms with Crippen molar-refractivity contribution in [1.82, 2.24) is 14.8 Å². The molecule has 0 aliphatic heterocycles. The molecule has 1 fully saturated rings. The molecule has 22 heavy (non-hydrogen) atoms. The molecule has 5 heteroatoms. The van der Waals surface area contributed by atoms with Crippen molar-refractivity contribution in [1.29, 1.82) is 0 Å². The summed E-state index contributed by atoms with van der Waals surface area (Å²) in [4.78, 5) is 16.2. The smallest absolute Gasteiger partial charge is 0.336 e. The molecule has 1 aromatic carbocycles. The number of aromatic nitrogens is 3. The summed E-state index contributed by atoms with van der Waals surface area (Å²) in [5.74, 6) is -0.517. The minimum atomic E-state index is -0.923. The number of carbonyl (C=O) groups is 1. The summed E-state index contributed by atoms with van der Waals surface area (Å²) < 4.78 is 1.78. The summed E-state index contributed by atoms with van der Waals surface area (Å²) in [6.07, 6.45) is 3.78. The normalized spacial score (nSPS) is 14.4. The van der Waals surface area contributed by atoms with Gasteiger partial charge >= 0.3 is 5.97 Å². The molecule has 0 amide bonds. The predicted octanol–water partition coefficient (Wildman–Crippen LogP) is 3.06. The maximum absolute atomic E-state index is 11.5. The first-order valence-electron chi connectivity index (χ1n) is 7.36. The Hall–Kier alpha value is -2.69. The van der Waals surface area contributed by atoms with Crippen molar-refractivity contribution in [3.63, 3.8) is 0 Å². The van der Waals surface area contributed by atoms with E-state index in [0.29, 0.717) is 29.1 Å². The van der Waals surface area contributed by atoms with E-state index in [9.17, 15) is 9.90 Å². The van der Waals surface area contributed by atoms with Crippen molar-refractivity contribution < 1.29 is 9.90 Å². The van der Waals surface area contributed by atoms with Crippen LogP contribution in [0.1, 0.15) is 40.4 Å². The first kappa shape index (κ1) is 13.0. The molecule has 4 rings (SSSR count). The van der Waals surface area contributed by atoms with Crippen LogP contribution in [0.15, 0.2) is 42.6 Å². The fraction of sp³-hybridized carbons (Fsp3) is 0.235. The summed E-state index contributed by atoms with van der Waals surface area (Å²) in [6, 6.07) is 11.7. The van der Waals surface area contributed by atoms with Crippen molar-refractivity contribution in [3.05, 3.63) is 59.4 Å². The molecule has 1 aliphatic rings. The first-order valence-corrected chi connectivity index (χ1v) is 7.36. The van der Waals surface area contributed by atoms with Crippen molar-refractivity contribution in [2.75, 3.05) is 0 Å². The van der Waals surface area contributed by atoms with E-state index in [2.05, 4.69) is 10.1 Å². The SMILES string of the molecule is O=C(O)c1cc(C2CC2)nc2c1cnn2Cc1ccccc1. The maximum Gasteiger partial charge on any atom is 0.336 e. The molecule has 0 saturated heterocycles. The monoisotopic (exact) mass is 293 g/mol. The van der Waals surface area contributed by atoms with Gasteiger partial charge in [-0.15, -0.1) is 0 Å². The molecule has 110 valence electrons. The quantitative estimate of drug-likeness (QED) is 0.802. The molecule has 0 unspecified atom stereocenters. The van der Waals surface area contributed by atoms with E-state index >= 15 is 0 Å². The molecule has 2 heterocycles. The third-order valence-corrected chi connectivity index (χ3v) is 4.03. The lowest BCUT2D eigenvalue weighted by Crippen LogP contribution is -2.05. The van der Waals surface area contributed by atoms with Gasteiger partial charge in [0, 0.05) is 11.6 Å². The first-order chi connectivity index (χ1) is 10.7. The highest BCUT2D eigenvalue weighted by Crippen LogP contribution is 2.40. The van der Waals surface area contributed by atoms with E-state index in [0.717, 1.165) is 24.1 Å². The second-order valence-electron chi connectivity index (χ2n) is 5.70. The number of rotatable bonds is 4. The van der Waals surface area contributed by atoms with Gasteiger partial charge in [-0.3, -0.25) is 0 Å². The number of benzene rings is 1. The Balaban J connectivity index is 1.84. The van der Waals surface area contributed by atoms with Crippen LogP contribution in [-0.4, -0.2) is 25.8 Å². The van der Waals surface area contributed by atoms with Gasteiger partial charge < -0.3 is 5.11 Å². The van der Waals surface area contributed by atoms with E-state index in [4.69, 9.17) is 0 Å². The molecule has 2 aromatic heterocycles. The third kappa shape index (κ3) is 2.24. The number of carboxylic acids is 1. The molecule has 1 N–H and O–H groups in total. The average molecular weight is 293 g/mol. The van der Waals surface area contributed by atoms with Gasteiger partial charge in [-0.05, 0) is 24.5 Å². The number of nitrogens with zero attached hydrogens (tertiary/aromatic N) is 3. The molecule has 3 aromatic rings. The highest BCUT2D eigenvalue weighted by molar-refractivity contribution is 6.01. The Kier molecular flexibility index (Phi) is 2.92. The lowest BCUT2D eigenvalue weighted by Gasteiger charge is -2.06. The molecule has 1 aliphatic carbocycles. The van der Waals surface area contributed by atoms with Crippen LogP contribution in [0.3, 0.4) is 0 Å². The van der Waals surface area contributed by atoms with E-state index in [-0.39, 0.29) is 0 Å². The average Bonchev–Trinajstić information content (AvgIpc) is 3.30. The van der Waals surface area contributed by atoms with Crippen molar-refractivity contribution in [2.24, 2.45) is 0 Å². The molecule has 0 spiro atoms. The van der Waals surface area contributed by atoms with Crippen LogP contribution in [0.2, 0.25) is 0 Å². The van der Waals surface area contributed by atoms with Gasteiger partial charge in [-0.2, -0.15) is 5.10 Å². The highest BCUT2D eigenvalue weighted by atomic mass is 16.4. The number of carboxylic acid groups (broad SMARTS) is 1. The van der Waals surface area contributed by atoms with Crippen molar-refractivity contribution >= 4 is 17.0 Å². The fourth-order valence-electron chi connectivity index (χ4n) is 2.70. The maximum atomic E-state index is 11.5. The molecular formula is C17H15N3O2. The topological polar surface area (TPSA) is 68.0 Å². The largest absolute Gasteiger partial charge is 0.478 e. The lowest BCUT2D eigenvalue weighted by atomic mass is 10.1. The molecule has 0 radical (unpaired) electrons. The van der Waals surface area contributed by atoms with Gasteiger partial charge in [0.25, 0.3) is 0 Å². The Morgan fingerprint density at radius 2 is 2.05 bits per heavy atom. The molecular weight excluding hydrogens is 278 g/mol. The minimum absolute atomic E-state index is 0.297. The zero-order chi connectivity index (χ0) is 15.1. The molecule has 0 atom stereocenters. The van der Waals surface area contributed by atoms with Crippen LogP contribution in [0.4, 0.5) is 0 Å². The van der Waals surface area contributed by atoms with Gasteiger partial charge in [0.05, 0.1) is 23.7 Å². The van der Waals surface area contributed by atoms with Crippen LogP contribution >= 0.6 is 0 Å². The Labute approximate surface area is 127 Å². The van der Waals surface area contributed by atoms with Crippen LogP contribution in [0, 0.1) is 0 Å². The van der Waals surface area contributed by atoms with Crippen LogP contribution < -0.4 is 0 Å². The Morgan fingerprint density at radius 3 is 2.73 bits per heavy atom. The number of pyridine rings is 1. The van der Waals surface area contributed by atoms with Crippen LogP contribution in [-0.2, 0) is 6.54 Å². The third-order valence-electron chi connectivity index (χ3n) is 4.03. The van der Waals surface area contributed by atoms with Crippen molar-refractivity contribution in [3.8, 4) is 0 Å². The predicted molar refractivity (Wildman–Crippen MR) is 82.0 cm³/mol. The van der Waals surface area contributed by atoms with Gasteiger partial charge in [-0.1, -0.05) is 30.3 Å². The summed E-state index contributed by atoms with van der Waals surface area (Å²) in [5.41, 5.74) is 2.94. The summed E-state index contributed by atoms with van der Waals surface area (Å²) >= 11 is 0. The number of hydrogen-bond acceptors (Lipinski definition) is 3. The van der Waals surface area contributed by atoms with Gasteiger partial charge in [-0.25, -0.2) is 14.5 Å². The fourth-order valence-corrected chi connectivity index (χ4v) is 2.70. The number of fused-ring (bicyclic) bond motifs is 1. The van der Waals surface area contributed by atoms with Gasteiger partial charge in [0.15, 0.2) is 5.65 Å². The van der Waals surface area contributed by atoms with Gasteiger partial charge in [0.1, 0.15) is 0 Å². The molecule has 5 nitrogen and oxygen atoms in total. The van der Waals surface area contributed by atoms with Gasteiger partial charge in [0.2, 0.25) is 0 Å². The van der Waals surface area contributed by atoms with E-state index in [1.54, 1.807) is 16.9 Å². The zero-order valence-electron chi connectivity index (χ0n) is 11.9. The summed E-state index contributed by atoms with van der Waals surface area (Å²) in [5, 5.41) is 14.4. The summed E-state index contributed by atoms with van der Waals surface area (Å²) in [7, 11) is 0. The standard InChI is InChI=1S/C17H15N3O2/c21-17(22)13-8-15(12-6-7-12)19-16-14(13)9-18-20(16)10-11-4-2-1-3-5-11/h1-5,8-9,12H,6-7,10H2,(H,21,22). The highest BCUT2D eigenvalue weighted by Gasteiger charge is 2.27. The number of aromatic carboxylic acids is 1. The molecule has 1 saturated carbocycles. The Morgan fingerprint density at radius 1 is 1.27 bits per heavy atom. The summed E-state index contributed by atoms with van der Waals surface area (Å²) in [6.45, 7) is 0.588. The zero-order valence-corrected chi connectivity index (χ0v) is 11.9. The lowest BCUT2D eigenvalue weighted by molar-refractivity contribution is 0.0699. The number of hydrogen-bond donors (Lipinski definition) is 1. The van der Waals surface area contributed by atoms with E-state index < -0.39 is 5.97 Å². The van der Waals surface area contributed by atoms with Crippen LogP contribution in [0.25, 0.3) is 11.0 Å². The van der Waals surface area contributed by atoms with Crippen LogP contribution in [0.5, 0.6) is 0 Å². The molecule has 0 bridgehead atoms. The Bertz CT molecular complexity index is 851. The second kappa shape index (κ2) is 4.94. The van der Waals surface area contributed by atoms with Crippen molar-refractivity contribution in [2.45, 2.75) is 25.3 Å².